The third-order valence-corrected chi connectivity index (χ3v) is 4.03. The molecule has 20 heavy (non-hydrogen) atoms. The van der Waals surface area contributed by atoms with Crippen molar-refractivity contribution in [2.75, 3.05) is 6.54 Å². The first-order valence-electron chi connectivity index (χ1n) is 7.12. The van der Waals surface area contributed by atoms with Crippen LogP contribution in [0.25, 0.3) is 0 Å². The van der Waals surface area contributed by atoms with E-state index in [2.05, 4.69) is 38.2 Å². The fourth-order valence-corrected chi connectivity index (χ4v) is 2.26. The van der Waals surface area contributed by atoms with Gasteiger partial charge in [-0.15, -0.1) is 12.4 Å². The number of hydrogen-bond acceptors (Lipinski definition) is 2. The highest BCUT2D eigenvalue weighted by atomic mass is 35.5. The largest absolute Gasteiger partial charge is 0.349 e. The van der Waals surface area contributed by atoms with Crippen molar-refractivity contribution in [1.82, 2.24) is 5.32 Å². The zero-order chi connectivity index (χ0) is 14.3. The Morgan fingerprint density at radius 3 is 2.35 bits per heavy atom. The highest BCUT2D eigenvalue weighted by Crippen LogP contribution is 2.14. The van der Waals surface area contributed by atoms with Gasteiger partial charge in [0.2, 0.25) is 5.91 Å². The van der Waals surface area contributed by atoms with Gasteiger partial charge in [0, 0.05) is 13.0 Å². The molecule has 0 bridgehead atoms. The van der Waals surface area contributed by atoms with Gasteiger partial charge in [0.1, 0.15) is 0 Å². The summed E-state index contributed by atoms with van der Waals surface area (Å²) in [6, 6.07) is 8.20. The molecule has 3 nitrogen and oxygen atoms in total. The van der Waals surface area contributed by atoms with Crippen molar-refractivity contribution < 1.29 is 4.79 Å². The predicted molar refractivity (Wildman–Crippen MR) is 87.3 cm³/mol. The number of amides is 1. The van der Waals surface area contributed by atoms with Crippen LogP contribution in [0.3, 0.4) is 0 Å². The van der Waals surface area contributed by atoms with Crippen LogP contribution in [-0.4, -0.2) is 18.0 Å². The number of benzene rings is 1. The van der Waals surface area contributed by atoms with E-state index in [0.29, 0.717) is 13.0 Å². The Hall–Kier alpha value is -1.06. The van der Waals surface area contributed by atoms with Crippen molar-refractivity contribution in [1.29, 1.82) is 0 Å². The van der Waals surface area contributed by atoms with E-state index in [1.165, 1.54) is 11.1 Å². The molecule has 0 heterocycles. The van der Waals surface area contributed by atoms with Crippen molar-refractivity contribution in [2.45, 2.75) is 52.0 Å². The molecule has 0 unspecified atom stereocenters. The maximum Gasteiger partial charge on any atom is 0.220 e. The van der Waals surface area contributed by atoms with Gasteiger partial charge in [-0.1, -0.05) is 38.1 Å². The summed E-state index contributed by atoms with van der Waals surface area (Å²) in [6.07, 6.45) is 3.05. The summed E-state index contributed by atoms with van der Waals surface area (Å²) in [5.74, 6) is 0.0948. The molecule has 4 heteroatoms. The third-order valence-electron chi connectivity index (χ3n) is 4.03. The first-order chi connectivity index (χ1) is 9.06. The Morgan fingerprint density at radius 2 is 1.85 bits per heavy atom. The van der Waals surface area contributed by atoms with E-state index in [4.69, 9.17) is 5.73 Å². The summed E-state index contributed by atoms with van der Waals surface area (Å²) < 4.78 is 0. The lowest BCUT2D eigenvalue weighted by Gasteiger charge is -2.31. The van der Waals surface area contributed by atoms with Crippen molar-refractivity contribution in [3.8, 4) is 0 Å². The highest BCUT2D eigenvalue weighted by Gasteiger charge is 2.25. The molecule has 0 fully saturated rings. The molecule has 1 rings (SSSR count). The lowest BCUT2D eigenvalue weighted by Crippen LogP contribution is -2.52. The van der Waals surface area contributed by atoms with E-state index >= 15 is 0 Å². The van der Waals surface area contributed by atoms with Crippen molar-refractivity contribution in [2.24, 2.45) is 5.73 Å². The van der Waals surface area contributed by atoms with Crippen LogP contribution in [-0.2, 0) is 11.2 Å². The summed E-state index contributed by atoms with van der Waals surface area (Å²) in [4.78, 5) is 12.1. The van der Waals surface area contributed by atoms with Crippen molar-refractivity contribution >= 4 is 18.3 Å². The number of nitrogens with two attached hydrogens (primary N) is 1. The molecular formula is C16H27ClN2O. The van der Waals surface area contributed by atoms with Gasteiger partial charge in [-0.05, 0) is 37.3 Å². The van der Waals surface area contributed by atoms with E-state index in [1.807, 2.05) is 12.1 Å². The fraction of sp³-hybridized carbons (Fsp3) is 0.562. The number of halogens is 1. The average Bonchev–Trinajstić information content (AvgIpc) is 2.44. The summed E-state index contributed by atoms with van der Waals surface area (Å²) in [6.45, 7) is 6.71. The average molecular weight is 299 g/mol. The van der Waals surface area contributed by atoms with Gasteiger partial charge in [-0.25, -0.2) is 0 Å². The summed E-state index contributed by atoms with van der Waals surface area (Å²) in [5, 5.41) is 3.11. The molecular weight excluding hydrogens is 272 g/mol. The van der Waals surface area contributed by atoms with E-state index in [9.17, 15) is 4.79 Å². The monoisotopic (exact) mass is 298 g/mol. The van der Waals surface area contributed by atoms with Crippen LogP contribution in [0.2, 0.25) is 0 Å². The summed E-state index contributed by atoms with van der Waals surface area (Å²) in [7, 11) is 0. The molecule has 0 saturated carbocycles. The van der Waals surface area contributed by atoms with E-state index in [0.717, 1.165) is 19.3 Å². The molecule has 0 spiro atoms. The Bertz CT molecular complexity index is 408. The number of carbonyl (C=O) groups excluding carboxylic acids is 1. The van der Waals surface area contributed by atoms with Crippen molar-refractivity contribution in [3.63, 3.8) is 0 Å². The highest BCUT2D eigenvalue weighted by molar-refractivity contribution is 5.85. The normalized spacial score (nSPS) is 10.8. The van der Waals surface area contributed by atoms with Gasteiger partial charge >= 0.3 is 0 Å². The van der Waals surface area contributed by atoms with E-state index < -0.39 is 0 Å². The molecule has 1 amide bonds. The maximum absolute atomic E-state index is 12.1. The molecule has 1 aromatic carbocycles. The number of hydrogen-bond donors (Lipinski definition) is 2. The molecule has 0 saturated heterocycles. The lowest BCUT2D eigenvalue weighted by atomic mass is 9.92. The van der Waals surface area contributed by atoms with Crippen LogP contribution in [0, 0.1) is 6.92 Å². The fourth-order valence-electron chi connectivity index (χ4n) is 2.26. The molecule has 114 valence electrons. The van der Waals surface area contributed by atoms with Gasteiger partial charge < -0.3 is 11.1 Å². The first-order valence-corrected chi connectivity index (χ1v) is 7.12. The van der Waals surface area contributed by atoms with Crippen LogP contribution < -0.4 is 11.1 Å². The standard InChI is InChI=1S/C16H26N2O.ClH/c1-4-16(5-2,12-17)18-15(19)11-10-14-9-7-6-8-13(14)3;/h6-9H,4-5,10-12,17H2,1-3H3,(H,18,19);1H. The molecule has 0 aliphatic carbocycles. The molecule has 0 aliphatic rings. The Morgan fingerprint density at radius 1 is 1.25 bits per heavy atom. The van der Waals surface area contributed by atoms with Gasteiger partial charge in [0.25, 0.3) is 0 Å². The van der Waals surface area contributed by atoms with Crippen LogP contribution in [0.15, 0.2) is 24.3 Å². The molecule has 0 aliphatic heterocycles. The summed E-state index contributed by atoms with van der Waals surface area (Å²) in [5.41, 5.74) is 8.04. The molecule has 1 aromatic rings. The Labute approximate surface area is 128 Å². The van der Waals surface area contributed by atoms with Gasteiger partial charge in [-0.3, -0.25) is 4.79 Å². The minimum atomic E-state index is -0.233. The number of carbonyl (C=O) groups is 1. The van der Waals surface area contributed by atoms with Crippen molar-refractivity contribution in [3.05, 3.63) is 35.4 Å². The van der Waals surface area contributed by atoms with Crippen LogP contribution in [0.4, 0.5) is 0 Å². The van der Waals surface area contributed by atoms with Crippen LogP contribution in [0.1, 0.15) is 44.2 Å². The van der Waals surface area contributed by atoms with Gasteiger partial charge in [0.15, 0.2) is 0 Å². The Balaban J connectivity index is 0.00000361. The Kier molecular flexibility index (Phi) is 8.51. The third kappa shape index (κ3) is 5.14. The van der Waals surface area contributed by atoms with E-state index in [1.54, 1.807) is 0 Å². The first kappa shape index (κ1) is 18.9. The smallest absolute Gasteiger partial charge is 0.220 e. The quantitative estimate of drug-likeness (QED) is 0.813. The molecule has 3 N–H and O–H groups in total. The minimum absolute atomic E-state index is 0. The maximum atomic E-state index is 12.1. The molecule has 0 atom stereocenters. The second-order valence-electron chi connectivity index (χ2n) is 5.17. The van der Waals surface area contributed by atoms with E-state index in [-0.39, 0.29) is 23.9 Å². The van der Waals surface area contributed by atoms with Crippen LogP contribution in [0.5, 0.6) is 0 Å². The topological polar surface area (TPSA) is 55.1 Å². The number of aryl methyl sites for hydroxylation is 2. The summed E-state index contributed by atoms with van der Waals surface area (Å²) >= 11 is 0. The molecule has 0 radical (unpaired) electrons. The zero-order valence-corrected chi connectivity index (χ0v) is 13.6. The van der Waals surface area contributed by atoms with Gasteiger partial charge in [-0.2, -0.15) is 0 Å². The minimum Gasteiger partial charge on any atom is -0.349 e. The van der Waals surface area contributed by atoms with Gasteiger partial charge in [0.05, 0.1) is 5.54 Å². The second-order valence-corrected chi connectivity index (χ2v) is 5.17. The zero-order valence-electron chi connectivity index (χ0n) is 12.7. The SMILES string of the molecule is CCC(CC)(CN)NC(=O)CCc1ccccc1C.Cl. The predicted octanol–water partition coefficient (Wildman–Crippen LogP) is 2.98. The number of rotatable bonds is 7. The number of nitrogens with one attached hydrogen (secondary N) is 1. The second kappa shape index (κ2) is 8.98. The van der Waals surface area contributed by atoms with Crippen LogP contribution >= 0.6 is 12.4 Å². The lowest BCUT2D eigenvalue weighted by molar-refractivity contribution is -0.123. The molecule has 0 aromatic heterocycles.